The summed E-state index contributed by atoms with van der Waals surface area (Å²) in [6, 6.07) is 44.8. The fourth-order valence-corrected chi connectivity index (χ4v) is 8.96. The minimum atomic E-state index is 0.0132. The van der Waals surface area contributed by atoms with E-state index in [1.54, 1.807) is 0 Å². The lowest BCUT2D eigenvalue weighted by molar-refractivity contribution is 0.605. The first-order valence-corrected chi connectivity index (χ1v) is 17.9. The van der Waals surface area contributed by atoms with Gasteiger partial charge in [-0.05, 0) is 82.6 Å². The normalized spacial score (nSPS) is 17.0. The Kier molecular flexibility index (Phi) is 7.19. The lowest BCUT2D eigenvalue weighted by Gasteiger charge is -2.16. The van der Waals surface area contributed by atoms with Gasteiger partial charge >= 0.3 is 0 Å². The molecule has 8 rings (SSSR count). The topological polar surface area (TPSA) is 24.7 Å². The van der Waals surface area contributed by atoms with Crippen molar-refractivity contribution < 1.29 is 0 Å². The number of fused-ring (bicyclic) bond motifs is 2. The molecule has 2 heterocycles. The van der Waals surface area contributed by atoms with E-state index in [2.05, 4.69) is 149 Å². The van der Waals surface area contributed by atoms with Gasteiger partial charge in [-0.25, -0.2) is 0 Å². The number of hydrogen-bond donors (Lipinski definition) is 0. The van der Waals surface area contributed by atoms with Gasteiger partial charge < -0.3 is 0 Å². The molecule has 0 unspecified atom stereocenters. The van der Waals surface area contributed by atoms with Crippen LogP contribution in [0.2, 0.25) is 0 Å². The summed E-state index contributed by atoms with van der Waals surface area (Å²) < 4.78 is 0. The molecule has 0 fully saturated rings. The van der Waals surface area contributed by atoms with E-state index < -0.39 is 0 Å². The van der Waals surface area contributed by atoms with E-state index in [4.69, 9.17) is 9.98 Å². The van der Waals surface area contributed by atoms with E-state index in [9.17, 15) is 0 Å². The Morgan fingerprint density at radius 1 is 0.391 bits per heavy atom. The van der Waals surface area contributed by atoms with Crippen molar-refractivity contribution in [2.24, 2.45) is 9.98 Å². The van der Waals surface area contributed by atoms with Crippen LogP contribution < -0.4 is 0 Å². The highest BCUT2D eigenvalue weighted by Crippen LogP contribution is 2.41. The SMILES string of the molecule is CC1(C)CSC(c2ccc(-c3ccc(-c4ccc(-c5ccc(C6=NC(C)(C)CS6)cc5)c5ccccc45)c4ccccc34)cc2)=N1. The Morgan fingerprint density at radius 2 is 0.696 bits per heavy atom. The van der Waals surface area contributed by atoms with Crippen molar-refractivity contribution in [2.45, 2.75) is 38.8 Å². The van der Waals surface area contributed by atoms with E-state index in [-0.39, 0.29) is 11.1 Å². The van der Waals surface area contributed by atoms with Gasteiger partial charge in [0.05, 0.1) is 21.2 Å². The molecule has 2 nitrogen and oxygen atoms in total. The van der Waals surface area contributed by atoms with Gasteiger partial charge in [-0.3, -0.25) is 9.98 Å². The second-order valence-corrected chi connectivity index (χ2v) is 15.5. The second-order valence-electron chi connectivity index (χ2n) is 13.6. The molecule has 0 radical (unpaired) electrons. The summed E-state index contributed by atoms with van der Waals surface area (Å²) in [6.45, 7) is 8.82. The van der Waals surface area contributed by atoms with Crippen molar-refractivity contribution in [3.63, 3.8) is 0 Å². The maximum absolute atomic E-state index is 4.94. The van der Waals surface area contributed by atoms with Crippen LogP contribution in [0.4, 0.5) is 0 Å². The van der Waals surface area contributed by atoms with Gasteiger partial charge in [0.15, 0.2) is 0 Å². The number of aliphatic imine (C=N–C) groups is 2. The predicted octanol–water partition coefficient (Wildman–Crippen LogP) is 11.5. The molecule has 46 heavy (non-hydrogen) atoms. The van der Waals surface area contributed by atoms with Crippen LogP contribution in [0.1, 0.15) is 38.8 Å². The molecule has 0 spiro atoms. The molecule has 0 N–H and O–H groups in total. The number of benzene rings is 6. The second kappa shape index (κ2) is 11.3. The number of rotatable bonds is 5. The summed E-state index contributed by atoms with van der Waals surface area (Å²) in [7, 11) is 0. The van der Waals surface area contributed by atoms with Gasteiger partial charge in [-0.15, -0.1) is 23.5 Å². The minimum absolute atomic E-state index is 0.0132. The fraction of sp³-hybridized carbons (Fsp3) is 0.190. The summed E-state index contributed by atoms with van der Waals surface area (Å²) in [5.41, 5.74) is 9.90. The summed E-state index contributed by atoms with van der Waals surface area (Å²) in [5.74, 6) is 2.07. The van der Waals surface area contributed by atoms with E-state index in [0.29, 0.717) is 0 Å². The Bertz CT molecular complexity index is 2030. The van der Waals surface area contributed by atoms with Crippen LogP contribution in [-0.2, 0) is 0 Å². The maximum Gasteiger partial charge on any atom is 0.0984 e. The zero-order chi connectivity index (χ0) is 31.5. The summed E-state index contributed by atoms with van der Waals surface area (Å²) in [4.78, 5) is 9.87. The molecule has 0 bridgehead atoms. The highest BCUT2D eigenvalue weighted by molar-refractivity contribution is 8.15. The van der Waals surface area contributed by atoms with Crippen molar-refractivity contribution >= 4 is 55.2 Å². The van der Waals surface area contributed by atoms with Crippen molar-refractivity contribution in [3.8, 4) is 33.4 Å². The van der Waals surface area contributed by atoms with Gasteiger partial charge in [0.1, 0.15) is 0 Å². The molecule has 6 aromatic carbocycles. The standard InChI is InChI=1S/C42H36N2S2/c1-41(2)25-45-39(43-41)29-17-13-27(14-18-29)31-21-23-37(35-11-7-5-9-33(31)35)38-24-22-32(34-10-6-8-12-36(34)38)28-15-19-30(20-16-28)40-44-42(3,4)26-46-40/h5-24H,25-26H2,1-4H3. The number of nitrogens with zero attached hydrogens (tertiary/aromatic N) is 2. The molecule has 226 valence electrons. The predicted molar refractivity (Wildman–Crippen MR) is 204 cm³/mol. The molecule has 2 aliphatic heterocycles. The Balaban J connectivity index is 1.18. The van der Waals surface area contributed by atoms with Gasteiger partial charge in [0.2, 0.25) is 0 Å². The molecule has 2 aliphatic rings. The van der Waals surface area contributed by atoms with Gasteiger partial charge in [-0.1, -0.05) is 121 Å². The van der Waals surface area contributed by atoms with Gasteiger partial charge in [0.25, 0.3) is 0 Å². The van der Waals surface area contributed by atoms with E-state index in [1.165, 1.54) is 66.1 Å². The molecule has 0 aliphatic carbocycles. The van der Waals surface area contributed by atoms with Crippen LogP contribution in [0.3, 0.4) is 0 Å². The van der Waals surface area contributed by atoms with Gasteiger partial charge in [-0.2, -0.15) is 0 Å². The molecular weight excluding hydrogens is 597 g/mol. The lowest BCUT2D eigenvalue weighted by atomic mass is 9.88. The van der Waals surface area contributed by atoms with E-state index >= 15 is 0 Å². The quantitative estimate of drug-likeness (QED) is 0.189. The first-order chi connectivity index (χ1) is 22.2. The molecule has 0 saturated carbocycles. The van der Waals surface area contributed by atoms with E-state index in [0.717, 1.165) is 21.6 Å². The van der Waals surface area contributed by atoms with Crippen molar-refractivity contribution in [3.05, 3.63) is 132 Å². The third-order valence-corrected chi connectivity index (χ3v) is 11.9. The van der Waals surface area contributed by atoms with E-state index in [1.807, 2.05) is 23.5 Å². The van der Waals surface area contributed by atoms with Crippen molar-refractivity contribution in [1.29, 1.82) is 0 Å². The maximum atomic E-state index is 4.94. The molecule has 4 heteroatoms. The Hall–Kier alpha value is -4.12. The molecule has 0 saturated heterocycles. The third kappa shape index (κ3) is 5.38. The highest BCUT2D eigenvalue weighted by Gasteiger charge is 2.27. The zero-order valence-electron chi connectivity index (χ0n) is 26.7. The molecular formula is C42H36N2S2. The smallest absolute Gasteiger partial charge is 0.0984 e. The van der Waals surface area contributed by atoms with Crippen molar-refractivity contribution in [1.82, 2.24) is 0 Å². The van der Waals surface area contributed by atoms with Crippen LogP contribution in [0.15, 0.2) is 131 Å². The van der Waals surface area contributed by atoms with Crippen LogP contribution in [0.5, 0.6) is 0 Å². The highest BCUT2D eigenvalue weighted by atomic mass is 32.2. The minimum Gasteiger partial charge on any atom is -0.271 e. The third-order valence-electron chi connectivity index (χ3n) is 8.96. The molecule has 0 amide bonds. The summed E-state index contributed by atoms with van der Waals surface area (Å²) in [5, 5.41) is 7.36. The van der Waals surface area contributed by atoms with Crippen LogP contribution >= 0.6 is 23.5 Å². The first kappa shape index (κ1) is 29.3. The zero-order valence-corrected chi connectivity index (χ0v) is 28.3. The Morgan fingerprint density at radius 3 is 1.02 bits per heavy atom. The number of thioether (sulfide) groups is 2. The molecule has 6 aromatic rings. The monoisotopic (exact) mass is 632 g/mol. The van der Waals surface area contributed by atoms with Crippen LogP contribution in [0, 0.1) is 0 Å². The fourth-order valence-electron chi connectivity index (χ4n) is 6.62. The average Bonchev–Trinajstić information content (AvgIpc) is 3.64. The molecule has 0 atom stereocenters. The first-order valence-electron chi connectivity index (χ1n) is 16.0. The number of hydrogen-bond acceptors (Lipinski definition) is 4. The Labute approximate surface area is 280 Å². The lowest BCUT2D eigenvalue weighted by Crippen LogP contribution is -2.15. The van der Waals surface area contributed by atoms with Crippen molar-refractivity contribution in [2.75, 3.05) is 11.5 Å². The summed E-state index contributed by atoms with van der Waals surface area (Å²) >= 11 is 3.71. The average molecular weight is 633 g/mol. The van der Waals surface area contributed by atoms with Gasteiger partial charge in [0, 0.05) is 22.6 Å². The summed E-state index contributed by atoms with van der Waals surface area (Å²) in [6.07, 6.45) is 0. The van der Waals surface area contributed by atoms with Crippen LogP contribution in [-0.4, -0.2) is 32.7 Å². The molecule has 0 aromatic heterocycles. The van der Waals surface area contributed by atoms with Crippen LogP contribution in [0.25, 0.3) is 54.9 Å². The largest absolute Gasteiger partial charge is 0.271 e.